The first-order valence-corrected chi connectivity index (χ1v) is 10.6. The number of hydrogen-bond donors (Lipinski definition) is 3. The zero-order chi connectivity index (χ0) is 22.5. The van der Waals surface area contributed by atoms with Crippen LogP contribution in [0, 0.1) is 12.8 Å². The number of carbonyl (C=O) groups is 1. The lowest BCUT2D eigenvalue weighted by atomic mass is 9.92. The fourth-order valence-corrected chi connectivity index (χ4v) is 3.48. The van der Waals surface area contributed by atoms with Crippen LogP contribution in [0.15, 0.2) is 47.7 Å². The number of anilines is 1. The number of aromatic nitrogens is 3. The molecule has 1 amide bonds. The lowest BCUT2D eigenvalue weighted by Crippen LogP contribution is -2.42. The first kappa shape index (κ1) is 23.0. The third kappa shape index (κ3) is 5.51. The fraction of sp³-hybridized carbons (Fsp3) is 0.409. The van der Waals surface area contributed by atoms with Gasteiger partial charge in [-0.05, 0) is 38.8 Å². The standard InChI is InChI=1S/C22H27ClFN5O2/c1-4-14(3)26-22-25-10-13(2)20(28-22)29-8-7-16(11-29)21(31)27-19(12-30)15-5-6-18(24)17(23)9-15/h6-11,14-15,19,30H,4-5,12H2,1-3H3,(H,27,31)(H,25,26,28)/t14?,15?,19-/m1/s1. The van der Waals surface area contributed by atoms with Crippen LogP contribution in [-0.2, 0) is 0 Å². The molecule has 0 radical (unpaired) electrons. The Morgan fingerprint density at radius 1 is 1.48 bits per heavy atom. The van der Waals surface area contributed by atoms with Crippen molar-refractivity contribution in [1.82, 2.24) is 19.9 Å². The molecule has 2 heterocycles. The third-order valence-electron chi connectivity index (χ3n) is 5.32. The molecule has 2 aromatic rings. The molecule has 9 heteroatoms. The number of carbonyl (C=O) groups excluding carboxylic acids is 1. The van der Waals surface area contributed by atoms with Gasteiger partial charge in [0.15, 0.2) is 0 Å². The molecule has 3 N–H and O–H groups in total. The van der Waals surface area contributed by atoms with Crippen LogP contribution in [-0.4, -0.2) is 44.2 Å². The van der Waals surface area contributed by atoms with Crippen molar-refractivity contribution in [3.8, 4) is 5.82 Å². The zero-order valence-corrected chi connectivity index (χ0v) is 18.5. The third-order valence-corrected chi connectivity index (χ3v) is 5.63. The Kier molecular flexibility index (Phi) is 7.46. The topological polar surface area (TPSA) is 92.1 Å². The van der Waals surface area contributed by atoms with Gasteiger partial charge in [-0.3, -0.25) is 4.79 Å². The summed E-state index contributed by atoms with van der Waals surface area (Å²) in [7, 11) is 0. The van der Waals surface area contributed by atoms with Crippen LogP contribution in [0.5, 0.6) is 0 Å². The molecule has 3 rings (SSSR count). The Hall–Kier alpha value is -2.71. The average molecular weight is 448 g/mol. The summed E-state index contributed by atoms with van der Waals surface area (Å²) in [6, 6.07) is 1.33. The maximum Gasteiger partial charge on any atom is 0.253 e. The van der Waals surface area contributed by atoms with E-state index in [1.807, 2.05) is 6.92 Å². The van der Waals surface area contributed by atoms with Crippen LogP contribution >= 0.6 is 11.6 Å². The molecule has 0 aliphatic heterocycles. The van der Waals surface area contributed by atoms with Crippen molar-refractivity contribution in [3.63, 3.8) is 0 Å². The number of nitrogens with zero attached hydrogens (tertiary/aromatic N) is 3. The molecule has 1 aliphatic rings. The number of rotatable bonds is 8. The number of nitrogens with one attached hydrogen (secondary N) is 2. The Labute approximate surface area is 186 Å². The highest BCUT2D eigenvalue weighted by atomic mass is 35.5. The van der Waals surface area contributed by atoms with E-state index in [0.29, 0.717) is 23.8 Å². The quantitative estimate of drug-likeness (QED) is 0.571. The van der Waals surface area contributed by atoms with Crippen LogP contribution in [0.1, 0.15) is 42.6 Å². The number of halogens is 2. The van der Waals surface area contributed by atoms with Gasteiger partial charge in [0, 0.05) is 36.1 Å². The molecular weight excluding hydrogens is 421 g/mol. The highest BCUT2D eigenvalue weighted by molar-refractivity contribution is 6.31. The summed E-state index contributed by atoms with van der Waals surface area (Å²) >= 11 is 5.86. The van der Waals surface area contributed by atoms with E-state index in [-0.39, 0.29) is 29.5 Å². The van der Waals surface area contributed by atoms with Crippen LogP contribution in [0.25, 0.3) is 5.82 Å². The minimum Gasteiger partial charge on any atom is -0.394 e. The predicted molar refractivity (Wildman–Crippen MR) is 119 cm³/mol. The number of aryl methyl sites for hydroxylation is 1. The molecule has 1 aliphatic carbocycles. The predicted octanol–water partition coefficient (Wildman–Crippen LogP) is 3.87. The van der Waals surface area contributed by atoms with Crippen molar-refractivity contribution in [2.45, 2.75) is 45.7 Å². The first-order valence-electron chi connectivity index (χ1n) is 10.3. The van der Waals surface area contributed by atoms with Gasteiger partial charge in [-0.25, -0.2) is 9.37 Å². The molecule has 7 nitrogen and oxygen atoms in total. The molecule has 0 spiro atoms. The summed E-state index contributed by atoms with van der Waals surface area (Å²) in [5.74, 6) is 0.0705. The van der Waals surface area contributed by atoms with E-state index in [4.69, 9.17) is 11.6 Å². The van der Waals surface area contributed by atoms with Crippen molar-refractivity contribution in [2.75, 3.05) is 11.9 Å². The normalized spacial score (nSPS) is 18.1. The maximum atomic E-state index is 13.5. The van der Waals surface area contributed by atoms with Gasteiger partial charge in [0.05, 0.1) is 23.2 Å². The second-order valence-corrected chi connectivity index (χ2v) is 8.10. The van der Waals surface area contributed by atoms with Crippen molar-refractivity contribution >= 4 is 23.5 Å². The van der Waals surface area contributed by atoms with Gasteiger partial charge >= 0.3 is 0 Å². The summed E-state index contributed by atoms with van der Waals surface area (Å²) in [5.41, 5.74) is 1.28. The first-order chi connectivity index (χ1) is 14.8. The Morgan fingerprint density at radius 3 is 2.94 bits per heavy atom. The van der Waals surface area contributed by atoms with E-state index in [1.165, 1.54) is 12.2 Å². The lowest BCUT2D eigenvalue weighted by Gasteiger charge is -2.25. The number of aliphatic hydroxyl groups excluding tert-OH is 1. The number of allylic oxidation sites excluding steroid dienone is 3. The van der Waals surface area contributed by atoms with E-state index in [9.17, 15) is 14.3 Å². The molecule has 2 aromatic heterocycles. The van der Waals surface area contributed by atoms with Crippen LogP contribution in [0.4, 0.5) is 10.3 Å². The van der Waals surface area contributed by atoms with Gasteiger partial charge in [-0.15, -0.1) is 0 Å². The van der Waals surface area contributed by atoms with E-state index in [0.717, 1.165) is 12.0 Å². The average Bonchev–Trinajstić information content (AvgIpc) is 3.25. The minimum absolute atomic E-state index is 0.00357. The van der Waals surface area contributed by atoms with Crippen molar-refractivity contribution in [1.29, 1.82) is 0 Å². The van der Waals surface area contributed by atoms with Gasteiger partial charge in [0.25, 0.3) is 5.91 Å². The van der Waals surface area contributed by atoms with Crippen molar-refractivity contribution < 1.29 is 14.3 Å². The Morgan fingerprint density at radius 2 is 2.26 bits per heavy atom. The van der Waals surface area contributed by atoms with Crippen LogP contribution in [0.3, 0.4) is 0 Å². The second-order valence-electron chi connectivity index (χ2n) is 7.69. The van der Waals surface area contributed by atoms with Crippen molar-refractivity contribution in [3.05, 3.63) is 58.8 Å². The summed E-state index contributed by atoms with van der Waals surface area (Å²) in [5, 5.41) is 15.8. The molecule has 0 saturated heterocycles. The second kappa shape index (κ2) is 10.1. The molecule has 0 fully saturated rings. The van der Waals surface area contributed by atoms with Gasteiger partial charge in [0.2, 0.25) is 5.95 Å². The Bertz CT molecular complexity index is 1000. The molecule has 0 bridgehead atoms. The Balaban J connectivity index is 1.74. The zero-order valence-electron chi connectivity index (χ0n) is 17.8. The minimum atomic E-state index is -0.582. The van der Waals surface area contributed by atoms with E-state index in [1.54, 1.807) is 29.2 Å². The molecule has 0 aromatic carbocycles. The highest BCUT2D eigenvalue weighted by Gasteiger charge is 2.25. The fourth-order valence-electron chi connectivity index (χ4n) is 3.24. The monoisotopic (exact) mass is 447 g/mol. The lowest BCUT2D eigenvalue weighted by molar-refractivity contribution is 0.0899. The smallest absolute Gasteiger partial charge is 0.253 e. The SMILES string of the molecule is CCC(C)Nc1ncc(C)c(-n2ccc(C(=O)N[C@H](CO)C3C=C(Cl)C(F)=CC3)c2)n1. The van der Waals surface area contributed by atoms with Gasteiger partial charge < -0.3 is 20.3 Å². The van der Waals surface area contributed by atoms with E-state index in [2.05, 4.69) is 34.4 Å². The largest absolute Gasteiger partial charge is 0.394 e. The van der Waals surface area contributed by atoms with Gasteiger partial charge in [0.1, 0.15) is 11.6 Å². The molecule has 3 atom stereocenters. The van der Waals surface area contributed by atoms with E-state index < -0.39 is 11.9 Å². The van der Waals surface area contributed by atoms with E-state index >= 15 is 0 Å². The number of hydrogen-bond acceptors (Lipinski definition) is 5. The molecule has 2 unspecified atom stereocenters. The summed E-state index contributed by atoms with van der Waals surface area (Å²) in [6.07, 6.45) is 9.34. The van der Waals surface area contributed by atoms with Crippen LogP contribution < -0.4 is 10.6 Å². The van der Waals surface area contributed by atoms with Gasteiger partial charge in [-0.2, -0.15) is 4.98 Å². The summed E-state index contributed by atoms with van der Waals surface area (Å²) in [4.78, 5) is 21.7. The molecule has 0 saturated carbocycles. The highest BCUT2D eigenvalue weighted by Crippen LogP contribution is 2.28. The maximum absolute atomic E-state index is 13.5. The molecular formula is C22H27ClFN5O2. The molecule has 31 heavy (non-hydrogen) atoms. The van der Waals surface area contributed by atoms with Crippen molar-refractivity contribution in [2.24, 2.45) is 5.92 Å². The number of aliphatic hydroxyl groups is 1. The van der Waals surface area contributed by atoms with Gasteiger partial charge in [-0.1, -0.05) is 24.6 Å². The molecule has 166 valence electrons. The summed E-state index contributed by atoms with van der Waals surface area (Å²) in [6.45, 7) is 5.74. The van der Waals surface area contributed by atoms with Crippen LogP contribution in [0.2, 0.25) is 0 Å². The number of amides is 1. The summed E-state index contributed by atoms with van der Waals surface area (Å²) < 4.78 is 15.2.